The van der Waals surface area contributed by atoms with E-state index in [1.165, 1.54) is 30.5 Å². The van der Waals surface area contributed by atoms with Crippen molar-refractivity contribution < 1.29 is 18.8 Å². The summed E-state index contributed by atoms with van der Waals surface area (Å²) in [7, 11) is 2.01. The third kappa shape index (κ3) is 3.98. The van der Waals surface area contributed by atoms with Gasteiger partial charge >= 0.3 is 0 Å². The zero-order valence-electron chi connectivity index (χ0n) is 19.8. The Kier molecular flexibility index (Phi) is 5.96. The summed E-state index contributed by atoms with van der Waals surface area (Å²) in [4.78, 5) is 41.0. The van der Waals surface area contributed by atoms with E-state index in [9.17, 15) is 19.7 Å². The van der Waals surface area contributed by atoms with Crippen LogP contribution in [0, 0.1) is 15.9 Å². The molecular weight excluding hydrogens is 471 g/mol. The van der Waals surface area contributed by atoms with Gasteiger partial charge in [0.15, 0.2) is 11.6 Å². The van der Waals surface area contributed by atoms with E-state index in [1.54, 1.807) is 10.6 Å². The van der Waals surface area contributed by atoms with Crippen molar-refractivity contribution in [3.05, 3.63) is 68.2 Å². The van der Waals surface area contributed by atoms with E-state index >= 15 is 4.39 Å². The van der Waals surface area contributed by atoms with Crippen molar-refractivity contribution in [3.8, 4) is 5.75 Å². The lowest BCUT2D eigenvalue weighted by molar-refractivity contribution is -0.384. The highest BCUT2D eigenvalue weighted by molar-refractivity contribution is 6.00. The molecule has 0 bridgehead atoms. The molecule has 2 aliphatic heterocycles. The lowest BCUT2D eigenvalue weighted by atomic mass is 10.0. The molecule has 0 radical (unpaired) electrons. The second-order valence-electron chi connectivity index (χ2n) is 9.02. The summed E-state index contributed by atoms with van der Waals surface area (Å²) in [5.41, 5.74) is 4.57. The average Bonchev–Trinajstić information content (AvgIpc) is 2.86. The molecule has 1 fully saturated rings. The molecule has 188 valence electrons. The highest BCUT2D eigenvalue weighted by Crippen LogP contribution is 2.42. The van der Waals surface area contributed by atoms with E-state index in [4.69, 9.17) is 4.74 Å². The molecule has 36 heavy (non-hydrogen) atoms. The predicted octanol–water partition coefficient (Wildman–Crippen LogP) is 2.51. The van der Waals surface area contributed by atoms with Crippen molar-refractivity contribution in [3.63, 3.8) is 0 Å². The first kappa shape index (κ1) is 23.5. The normalized spacial score (nSPS) is 17.5. The Balaban J connectivity index is 1.55. The van der Waals surface area contributed by atoms with Gasteiger partial charge in [0, 0.05) is 38.4 Å². The highest BCUT2D eigenvalue weighted by Gasteiger charge is 2.31. The number of likely N-dealkylation sites (N-methyl/N-ethyl adjacent to an activating group) is 1. The van der Waals surface area contributed by atoms with Gasteiger partial charge in [0.2, 0.25) is 5.43 Å². The van der Waals surface area contributed by atoms with Crippen LogP contribution in [0.3, 0.4) is 0 Å². The van der Waals surface area contributed by atoms with Crippen LogP contribution in [0.1, 0.15) is 23.3 Å². The van der Waals surface area contributed by atoms with Gasteiger partial charge in [-0.1, -0.05) is 12.1 Å². The van der Waals surface area contributed by atoms with Gasteiger partial charge in [0.05, 0.1) is 21.9 Å². The average molecular weight is 496 g/mol. The molecule has 2 aliphatic rings. The van der Waals surface area contributed by atoms with Crippen LogP contribution < -0.4 is 25.9 Å². The summed E-state index contributed by atoms with van der Waals surface area (Å²) in [6, 6.07) is 6.72. The van der Waals surface area contributed by atoms with Crippen LogP contribution in [0.25, 0.3) is 10.9 Å². The number of carbonyl (C=O) groups excluding carboxylic acids is 1. The zero-order chi connectivity index (χ0) is 25.6. The van der Waals surface area contributed by atoms with Crippen LogP contribution in [0.15, 0.2) is 41.3 Å². The highest BCUT2D eigenvalue weighted by atomic mass is 19.1. The maximum atomic E-state index is 15.4. The summed E-state index contributed by atoms with van der Waals surface area (Å²) >= 11 is 0. The maximum absolute atomic E-state index is 15.4. The summed E-state index contributed by atoms with van der Waals surface area (Å²) < 4.78 is 23.2. The monoisotopic (exact) mass is 496 g/mol. The number of nitrogens with one attached hydrogen (secondary N) is 2. The molecule has 1 aromatic heterocycles. The quantitative estimate of drug-likeness (QED) is 0.408. The first-order chi connectivity index (χ1) is 17.3. The minimum Gasteiger partial charge on any atom is -0.487 e. The van der Waals surface area contributed by atoms with Crippen molar-refractivity contribution in [1.82, 2.24) is 14.9 Å². The molecule has 1 saturated heterocycles. The van der Waals surface area contributed by atoms with Gasteiger partial charge in [-0.15, -0.1) is 0 Å². The molecule has 2 aromatic carbocycles. The second kappa shape index (κ2) is 9.11. The third-order valence-corrected chi connectivity index (χ3v) is 6.62. The SMILES string of the molecule is C[C@H]1COc2c(N3CCN(C)CC3)c(F)cc3c(=O)c(C(=O)NNc4ccccc4[N+](=O)[O-])cn1c23. The van der Waals surface area contributed by atoms with Gasteiger partial charge in [0.1, 0.15) is 23.5 Å². The molecule has 3 heterocycles. The Bertz CT molecular complexity index is 1430. The number of halogens is 1. The van der Waals surface area contributed by atoms with Crippen LogP contribution in [0.4, 0.5) is 21.5 Å². The Morgan fingerprint density at radius 2 is 1.94 bits per heavy atom. The number of nitrogens with zero attached hydrogens (tertiary/aromatic N) is 4. The molecule has 0 unspecified atom stereocenters. The molecule has 11 nitrogen and oxygen atoms in total. The molecule has 1 amide bonds. The summed E-state index contributed by atoms with van der Waals surface area (Å²) in [6.45, 7) is 4.89. The lowest BCUT2D eigenvalue weighted by Crippen LogP contribution is -2.45. The Hall–Kier alpha value is -4.19. The molecular formula is C24H25FN6O5. The molecule has 0 aliphatic carbocycles. The topological polar surface area (TPSA) is 122 Å². The Labute approximate surface area is 205 Å². The fourth-order valence-electron chi connectivity index (χ4n) is 4.63. The fourth-order valence-corrected chi connectivity index (χ4v) is 4.63. The maximum Gasteiger partial charge on any atom is 0.294 e. The Morgan fingerprint density at radius 3 is 2.67 bits per heavy atom. The number of nitro benzene ring substituents is 1. The number of carbonyl (C=O) groups is 1. The summed E-state index contributed by atoms with van der Waals surface area (Å²) in [5, 5.41) is 11.3. The first-order valence-electron chi connectivity index (χ1n) is 11.5. The van der Waals surface area contributed by atoms with Crippen LogP contribution in [-0.4, -0.2) is 60.1 Å². The number of benzene rings is 2. The van der Waals surface area contributed by atoms with Gasteiger partial charge in [-0.2, -0.15) is 0 Å². The molecule has 0 saturated carbocycles. The van der Waals surface area contributed by atoms with Crippen LogP contribution >= 0.6 is 0 Å². The number of amides is 1. The van der Waals surface area contributed by atoms with E-state index in [1.807, 2.05) is 18.9 Å². The number of anilines is 2. The van der Waals surface area contributed by atoms with Crippen LogP contribution in [0.2, 0.25) is 0 Å². The number of rotatable bonds is 5. The van der Waals surface area contributed by atoms with Gasteiger partial charge in [-0.3, -0.25) is 30.6 Å². The van der Waals surface area contributed by atoms with Crippen molar-refractivity contribution in [2.45, 2.75) is 13.0 Å². The lowest BCUT2D eigenvalue weighted by Gasteiger charge is -2.37. The second-order valence-corrected chi connectivity index (χ2v) is 9.02. The zero-order valence-corrected chi connectivity index (χ0v) is 19.8. The number of pyridine rings is 1. The number of nitro groups is 1. The van der Waals surface area contributed by atoms with Crippen LogP contribution in [0.5, 0.6) is 5.75 Å². The predicted molar refractivity (Wildman–Crippen MR) is 132 cm³/mol. The van der Waals surface area contributed by atoms with Crippen molar-refractivity contribution in [2.75, 3.05) is 50.2 Å². The smallest absolute Gasteiger partial charge is 0.294 e. The van der Waals surface area contributed by atoms with Crippen molar-refractivity contribution >= 4 is 33.9 Å². The molecule has 12 heteroatoms. The first-order valence-corrected chi connectivity index (χ1v) is 11.5. The van der Waals surface area contributed by atoms with E-state index in [2.05, 4.69) is 15.8 Å². The number of para-hydroxylation sites is 2. The molecule has 2 N–H and O–H groups in total. The standard InChI is InChI=1S/C24H25FN6O5/c1-14-13-36-23-20-15(11-17(25)21(23)29-9-7-28(2)8-10-29)22(32)16(12-30(14)20)24(33)27-26-18-5-3-4-6-19(18)31(34)35/h3-6,11-12,14,26H,7-10,13H2,1-2H3,(H,27,33)/t14-/m0/s1. The van der Waals surface area contributed by atoms with Crippen molar-refractivity contribution in [2.24, 2.45) is 0 Å². The van der Waals surface area contributed by atoms with Crippen molar-refractivity contribution in [1.29, 1.82) is 0 Å². The number of hydrogen-bond donors (Lipinski definition) is 2. The van der Waals surface area contributed by atoms with Crippen LogP contribution in [-0.2, 0) is 0 Å². The third-order valence-electron chi connectivity index (χ3n) is 6.62. The van der Waals surface area contributed by atoms with Gasteiger partial charge in [-0.25, -0.2) is 4.39 Å². The molecule has 3 aromatic rings. The summed E-state index contributed by atoms with van der Waals surface area (Å²) in [5.74, 6) is -1.09. The van der Waals surface area contributed by atoms with E-state index in [-0.39, 0.29) is 35.0 Å². The molecule has 5 rings (SSSR count). The number of ether oxygens (including phenoxy) is 1. The van der Waals surface area contributed by atoms with Gasteiger partial charge in [0.25, 0.3) is 11.6 Å². The molecule has 0 spiro atoms. The van der Waals surface area contributed by atoms with E-state index in [0.29, 0.717) is 30.0 Å². The fraction of sp³-hybridized carbons (Fsp3) is 0.333. The number of piperazine rings is 1. The van der Waals surface area contributed by atoms with Gasteiger partial charge in [-0.05, 0) is 26.1 Å². The minimum atomic E-state index is -0.799. The molecule has 1 atom stereocenters. The Morgan fingerprint density at radius 1 is 1.22 bits per heavy atom. The van der Waals surface area contributed by atoms with Gasteiger partial charge < -0.3 is 19.1 Å². The number of aromatic nitrogens is 1. The minimum absolute atomic E-state index is 0.0327. The largest absolute Gasteiger partial charge is 0.487 e. The van der Waals surface area contributed by atoms with E-state index in [0.717, 1.165) is 13.1 Å². The summed E-state index contributed by atoms with van der Waals surface area (Å²) in [6.07, 6.45) is 1.43. The number of hydrazine groups is 1. The van der Waals surface area contributed by atoms with E-state index < -0.39 is 22.1 Å². The number of hydrogen-bond acceptors (Lipinski definition) is 8.